The average molecular weight is 505 g/mol. The summed E-state index contributed by atoms with van der Waals surface area (Å²) in [7, 11) is 0. The number of amides is 1. The number of aromatic nitrogens is 3. The van der Waals surface area contributed by atoms with Gasteiger partial charge >= 0.3 is 6.18 Å². The van der Waals surface area contributed by atoms with Crippen LogP contribution in [0.5, 0.6) is 11.6 Å². The van der Waals surface area contributed by atoms with Crippen molar-refractivity contribution >= 4 is 17.4 Å². The van der Waals surface area contributed by atoms with Crippen molar-refractivity contribution in [3.05, 3.63) is 36.5 Å². The summed E-state index contributed by atoms with van der Waals surface area (Å²) in [5.74, 6) is 1.89. The van der Waals surface area contributed by atoms with Gasteiger partial charge in [0.25, 0.3) is 5.91 Å². The van der Waals surface area contributed by atoms with Gasteiger partial charge in [-0.25, -0.2) is 15.0 Å². The minimum absolute atomic E-state index is 0.103. The monoisotopic (exact) mass is 504 g/mol. The van der Waals surface area contributed by atoms with E-state index in [0.29, 0.717) is 36.2 Å². The topological polar surface area (TPSA) is 94.5 Å². The van der Waals surface area contributed by atoms with Crippen LogP contribution in [-0.2, 0) is 9.59 Å². The van der Waals surface area contributed by atoms with Gasteiger partial charge < -0.3 is 14.4 Å². The second-order valence-corrected chi connectivity index (χ2v) is 9.81. The van der Waals surface area contributed by atoms with Crippen molar-refractivity contribution < 1.29 is 32.2 Å². The Labute approximate surface area is 206 Å². The average Bonchev–Trinajstić information content (AvgIpc) is 3.61. The first-order valence-corrected chi connectivity index (χ1v) is 12.2. The van der Waals surface area contributed by atoms with E-state index in [1.54, 1.807) is 17.3 Å². The minimum atomic E-state index is -4.45. The highest BCUT2D eigenvalue weighted by molar-refractivity contribution is 5.98. The van der Waals surface area contributed by atoms with Crippen LogP contribution in [0, 0.1) is 17.8 Å². The summed E-state index contributed by atoms with van der Waals surface area (Å²) in [6, 6.07) is 2.67. The number of halogens is 3. The van der Waals surface area contributed by atoms with Crippen molar-refractivity contribution in [1.82, 2.24) is 15.0 Å². The van der Waals surface area contributed by atoms with Gasteiger partial charge in [-0.15, -0.1) is 0 Å². The van der Waals surface area contributed by atoms with Crippen LogP contribution in [0.3, 0.4) is 0 Å². The van der Waals surface area contributed by atoms with Crippen LogP contribution in [0.15, 0.2) is 30.7 Å². The summed E-state index contributed by atoms with van der Waals surface area (Å²) in [5.41, 5.74) is 0.568. The molecule has 36 heavy (non-hydrogen) atoms. The maximum absolute atomic E-state index is 12.9. The Bertz CT molecular complexity index is 1100. The molecule has 1 saturated heterocycles. The van der Waals surface area contributed by atoms with Crippen LogP contribution in [-0.4, -0.2) is 52.1 Å². The Morgan fingerprint density at radius 1 is 1.11 bits per heavy atom. The van der Waals surface area contributed by atoms with Gasteiger partial charge in [-0.05, 0) is 37.7 Å². The molecular weight excluding hydrogens is 477 g/mol. The van der Waals surface area contributed by atoms with E-state index in [1.807, 2.05) is 6.92 Å². The van der Waals surface area contributed by atoms with Crippen molar-refractivity contribution in [2.45, 2.75) is 57.2 Å². The zero-order valence-corrected chi connectivity index (χ0v) is 19.8. The van der Waals surface area contributed by atoms with Crippen LogP contribution >= 0.6 is 0 Å². The molecule has 2 aromatic heterocycles. The van der Waals surface area contributed by atoms with Gasteiger partial charge in [0.2, 0.25) is 5.88 Å². The number of hydrogen-bond acceptors (Lipinski definition) is 7. The zero-order valence-electron chi connectivity index (χ0n) is 19.8. The van der Waals surface area contributed by atoms with Gasteiger partial charge in [-0.3, -0.25) is 9.59 Å². The van der Waals surface area contributed by atoms with E-state index >= 15 is 0 Å². The van der Waals surface area contributed by atoms with E-state index in [4.69, 9.17) is 4.74 Å². The molecule has 0 N–H and O–H groups in total. The van der Waals surface area contributed by atoms with Crippen molar-refractivity contribution in [2.75, 3.05) is 18.1 Å². The molecule has 0 aromatic carbocycles. The van der Waals surface area contributed by atoms with Crippen molar-refractivity contribution in [1.29, 1.82) is 0 Å². The Morgan fingerprint density at radius 3 is 2.44 bits per heavy atom. The summed E-state index contributed by atoms with van der Waals surface area (Å²) in [4.78, 5) is 39.7. The number of alkyl halides is 3. The fourth-order valence-electron chi connectivity index (χ4n) is 4.80. The van der Waals surface area contributed by atoms with Crippen LogP contribution in [0.2, 0.25) is 0 Å². The van der Waals surface area contributed by atoms with Crippen molar-refractivity contribution in [3.63, 3.8) is 0 Å². The molecule has 192 valence electrons. The molecule has 0 radical (unpaired) electrons. The Kier molecular flexibility index (Phi) is 6.57. The number of carbonyl (C=O) groups excluding carboxylic acids is 2. The molecule has 0 bridgehead atoms. The summed E-state index contributed by atoms with van der Waals surface area (Å²) in [6.07, 6.45) is 3.59. The summed E-state index contributed by atoms with van der Waals surface area (Å²) in [5, 5.41) is 0. The van der Waals surface area contributed by atoms with Gasteiger partial charge in [-0.1, -0.05) is 6.92 Å². The predicted molar refractivity (Wildman–Crippen MR) is 122 cm³/mol. The third kappa shape index (κ3) is 5.44. The summed E-state index contributed by atoms with van der Waals surface area (Å²) in [6.45, 7) is 1.03. The van der Waals surface area contributed by atoms with Crippen molar-refractivity contribution in [3.8, 4) is 11.6 Å². The van der Waals surface area contributed by atoms with E-state index in [2.05, 4.69) is 19.7 Å². The number of Topliss-reactive ketones (excluding diaryl/α,β-unsaturated/α-hetero) is 1. The predicted octanol–water partition coefficient (Wildman–Crippen LogP) is 4.11. The normalized spacial score (nSPS) is 24.8. The molecule has 11 heteroatoms. The molecule has 2 saturated carbocycles. The number of rotatable bonds is 9. The molecule has 3 heterocycles. The van der Waals surface area contributed by atoms with Gasteiger partial charge in [0, 0.05) is 36.8 Å². The number of carbonyl (C=O) groups is 2. The number of anilines is 1. The molecule has 1 amide bonds. The molecule has 2 aromatic rings. The third-order valence-corrected chi connectivity index (χ3v) is 7.18. The largest absolute Gasteiger partial charge is 0.479 e. The van der Waals surface area contributed by atoms with E-state index < -0.39 is 18.9 Å². The number of nitrogens with zero attached hydrogens (tertiary/aromatic N) is 4. The SMILES string of the molecule is CC(C(=O)C1CC(c2ncc(N3CC[C@@H](Oc4ccc(OCC(F)(F)F)nc4)C3=O)cn2)C1)C1CC1. The number of pyridine rings is 1. The molecule has 3 aliphatic rings. The Balaban J connectivity index is 1.12. The highest BCUT2D eigenvalue weighted by Crippen LogP contribution is 2.45. The first-order valence-electron chi connectivity index (χ1n) is 12.2. The van der Waals surface area contributed by atoms with Crippen LogP contribution in [0.1, 0.15) is 50.8 Å². The molecule has 1 unspecified atom stereocenters. The first kappa shape index (κ1) is 24.5. The lowest BCUT2D eigenvalue weighted by Gasteiger charge is -2.34. The van der Waals surface area contributed by atoms with E-state index in [9.17, 15) is 22.8 Å². The molecule has 2 atom stereocenters. The molecule has 3 fully saturated rings. The molecule has 1 aliphatic heterocycles. The summed E-state index contributed by atoms with van der Waals surface area (Å²) < 4.78 is 47.0. The van der Waals surface area contributed by atoms with Gasteiger partial charge in [0.05, 0.1) is 24.3 Å². The van der Waals surface area contributed by atoms with E-state index in [0.717, 1.165) is 25.7 Å². The lowest BCUT2D eigenvalue weighted by atomic mass is 9.69. The minimum Gasteiger partial charge on any atom is -0.479 e. The standard InChI is InChI=1S/C25H27F3N4O4/c1-14(15-2-3-15)22(33)16-8-17(9-16)23-30-10-18(11-31-23)32-7-6-20(24(32)34)36-19-4-5-21(29-12-19)35-13-25(26,27)28/h4-5,10-12,14-17,20H,2-3,6-9,13H2,1H3/t14?,16?,17?,20-/m1/s1. The highest BCUT2D eigenvalue weighted by Gasteiger charge is 2.42. The van der Waals surface area contributed by atoms with Crippen LogP contribution in [0.25, 0.3) is 0 Å². The van der Waals surface area contributed by atoms with Crippen LogP contribution in [0.4, 0.5) is 18.9 Å². The lowest BCUT2D eigenvalue weighted by Crippen LogP contribution is -2.34. The summed E-state index contributed by atoms with van der Waals surface area (Å²) >= 11 is 0. The molecule has 0 spiro atoms. The number of hydrogen-bond donors (Lipinski definition) is 0. The van der Waals surface area contributed by atoms with Gasteiger partial charge in [0.1, 0.15) is 17.4 Å². The molecule has 2 aliphatic carbocycles. The second kappa shape index (κ2) is 9.67. The lowest BCUT2D eigenvalue weighted by molar-refractivity contribution is -0.154. The molecule has 5 rings (SSSR count). The van der Waals surface area contributed by atoms with Gasteiger partial charge in [-0.2, -0.15) is 13.2 Å². The maximum Gasteiger partial charge on any atom is 0.422 e. The second-order valence-electron chi connectivity index (χ2n) is 9.81. The first-order chi connectivity index (χ1) is 17.2. The number of ether oxygens (including phenoxy) is 2. The molecular formula is C25H27F3N4O4. The fraction of sp³-hybridized carbons (Fsp3) is 0.560. The highest BCUT2D eigenvalue weighted by atomic mass is 19.4. The Hall–Kier alpha value is -3.24. The third-order valence-electron chi connectivity index (χ3n) is 7.18. The quantitative estimate of drug-likeness (QED) is 0.507. The maximum atomic E-state index is 12.9. The molecule has 8 nitrogen and oxygen atoms in total. The Morgan fingerprint density at radius 2 is 1.83 bits per heavy atom. The van der Waals surface area contributed by atoms with Gasteiger partial charge in [0.15, 0.2) is 12.7 Å². The van der Waals surface area contributed by atoms with E-state index in [1.165, 1.54) is 18.3 Å². The van der Waals surface area contributed by atoms with E-state index in [-0.39, 0.29) is 35.3 Å². The fourth-order valence-corrected chi connectivity index (χ4v) is 4.80. The number of ketones is 1. The van der Waals surface area contributed by atoms with Crippen LogP contribution < -0.4 is 14.4 Å². The van der Waals surface area contributed by atoms with Crippen molar-refractivity contribution in [2.24, 2.45) is 17.8 Å². The smallest absolute Gasteiger partial charge is 0.422 e. The zero-order chi connectivity index (χ0) is 25.4.